The molecule has 2 aromatic heterocycles. The number of aromatic nitrogens is 2. The average Bonchev–Trinajstić information content (AvgIpc) is 3.18. The third-order valence-corrected chi connectivity index (χ3v) is 7.92. The van der Waals surface area contributed by atoms with Gasteiger partial charge in [-0.05, 0) is 56.1 Å². The van der Waals surface area contributed by atoms with E-state index in [2.05, 4.69) is 10.3 Å². The molecule has 0 aromatic carbocycles. The van der Waals surface area contributed by atoms with Gasteiger partial charge in [0.2, 0.25) is 0 Å². The third kappa shape index (κ3) is 6.34. The standard InChI is InChI=1S/C26H35N3O4S/c30-23(31)15-20-17-34-26(27-20)28-24(32)21-14-19-12-8-4-5-9-13-22(19)29(25(21)33)16-18-10-6-2-1-3-7-11-18/h14,17-18H,1-13,15-16H2,(H,30,31)(H,27,28,32). The van der Waals surface area contributed by atoms with Gasteiger partial charge in [-0.15, -0.1) is 11.3 Å². The fourth-order valence-electron chi connectivity index (χ4n) is 5.34. The molecule has 2 aliphatic rings. The van der Waals surface area contributed by atoms with Crippen LogP contribution in [-0.4, -0.2) is 26.5 Å². The van der Waals surface area contributed by atoms with Crippen molar-refractivity contribution in [2.24, 2.45) is 5.92 Å². The number of hydrogen-bond donors (Lipinski definition) is 2. The molecule has 4 rings (SSSR count). The third-order valence-electron chi connectivity index (χ3n) is 7.12. The van der Waals surface area contributed by atoms with E-state index in [0.29, 0.717) is 23.3 Å². The number of pyridine rings is 1. The zero-order valence-electron chi connectivity index (χ0n) is 19.8. The molecule has 8 heteroatoms. The largest absolute Gasteiger partial charge is 0.481 e. The maximum Gasteiger partial charge on any atom is 0.309 e. The van der Waals surface area contributed by atoms with Crippen LogP contribution >= 0.6 is 11.3 Å². The summed E-state index contributed by atoms with van der Waals surface area (Å²) in [5.41, 5.74) is 2.61. The van der Waals surface area contributed by atoms with Crippen LogP contribution in [0.15, 0.2) is 16.2 Å². The van der Waals surface area contributed by atoms with E-state index in [1.165, 1.54) is 56.3 Å². The predicted octanol–water partition coefficient (Wildman–Crippen LogP) is 5.20. The monoisotopic (exact) mass is 485 g/mol. The lowest BCUT2D eigenvalue weighted by Crippen LogP contribution is -2.34. The van der Waals surface area contributed by atoms with Gasteiger partial charge in [0, 0.05) is 17.6 Å². The molecule has 0 bridgehead atoms. The molecule has 2 heterocycles. The number of nitrogens with one attached hydrogen (secondary N) is 1. The maximum atomic E-state index is 13.7. The van der Waals surface area contributed by atoms with Gasteiger partial charge < -0.3 is 9.67 Å². The van der Waals surface area contributed by atoms with Crippen molar-refractivity contribution >= 4 is 28.3 Å². The topological polar surface area (TPSA) is 101 Å². The van der Waals surface area contributed by atoms with Crippen LogP contribution in [0.1, 0.15) is 97.9 Å². The van der Waals surface area contributed by atoms with Crippen LogP contribution in [0.5, 0.6) is 0 Å². The number of aliphatic carboxylic acids is 1. The zero-order chi connectivity index (χ0) is 23.9. The molecule has 0 aliphatic heterocycles. The number of fused-ring (bicyclic) bond motifs is 1. The Morgan fingerprint density at radius 3 is 2.44 bits per heavy atom. The Morgan fingerprint density at radius 1 is 1.03 bits per heavy atom. The summed E-state index contributed by atoms with van der Waals surface area (Å²) in [4.78, 5) is 42.0. The van der Waals surface area contributed by atoms with E-state index in [1.54, 1.807) is 11.4 Å². The molecule has 7 nitrogen and oxygen atoms in total. The van der Waals surface area contributed by atoms with Crippen LogP contribution in [0.2, 0.25) is 0 Å². The van der Waals surface area contributed by atoms with Gasteiger partial charge in [-0.3, -0.25) is 19.7 Å². The molecule has 1 amide bonds. The molecule has 0 saturated heterocycles. The first-order valence-corrected chi connectivity index (χ1v) is 13.6. The molecule has 2 N–H and O–H groups in total. The smallest absolute Gasteiger partial charge is 0.309 e. The lowest BCUT2D eigenvalue weighted by atomic mass is 9.90. The van der Waals surface area contributed by atoms with Crippen molar-refractivity contribution in [3.8, 4) is 0 Å². The van der Waals surface area contributed by atoms with E-state index in [0.717, 1.165) is 49.8 Å². The number of hydrogen-bond acceptors (Lipinski definition) is 5. The molecule has 0 atom stereocenters. The normalized spacial score (nSPS) is 17.6. The van der Waals surface area contributed by atoms with E-state index >= 15 is 0 Å². The van der Waals surface area contributed by atoms with Crippen LogP contribution in [-0.2, 0) is 30.6 Å². The van der Waals surface area contributed by atoms with Gasteiger partial charge in [0.05, 0.1) is 12.1 Å². The Balaban J connectivity index is 1.63. The summed E-state index contributed by atoms with van der Waals surface area (Å²) in [7, 11) is 0. The second-order valence-corrected chi connectivity index (χ2v) is 10.6. The Morgan fingerprint density at radius 2 is 1.71 bits per heavy atom. The highest BCUT2D eigenvalue weighted by Crippen LogP contribution is 2.26. The van der Waals surface area contributed by atoms with Crippen LogP contribution in [0.25, 0.3) is 0 Å². The van der Waals surface area contributed by atoms with E-state index in [1.807, 2.05) is 4.57 Å². The van der Waals surface area contributed by atoms with Crippen LogP contribution in [0.3, 0.4) is 0 Å². The number of anilines is 1. The first-order chi connectivity index (χ1) is 16.5. The second kappa shape index (κ2) is 11.8. The van der Waals surface area contributed by atoms with Gasteiger partial charge in [0.25, 0.3) is 11.5 Å². The van der Waals surface area contributed by atoms with Gasteiger partial charge in [-0.2, -0.15) is 0 Å². The van der Waals surface area contributed by atoms with Gasteiger partial charge in [-0.25, -0.2) is 4.98 Å². The molecular weight excluding hydrogens is 450 g/mol. The fourth-order valence-corrected chi connectivity index (χ4v) is 6.04. The molecule has 1 fully saturated rings. The number of thiazole rings is 1. The molecule has 2 aliphatic carbocycles. The van der Waals surface area contributed by atoms with Crippen LogP contribution in [0, 0.1) is 5.92 Å². The first-order valence-electron chi connectivity index (χ1n) is 12.7. The van der Waals surface area contributed by atoms with Gasteiger partial charge in [-0.1, -0.05) is 44.9 Å². The number of carboxylic acid groups (broad SMARTS) is 1. The van der Waals surface area contributed by atoms with Crippen LogP contribution < -0.4 is 10.9 Å². The van der Waals surface area contributed by atoms with Gasteiger partial charge in [0.1, 0.15) is 5.56 Å². The van der Waals surface area contributed by atoms with E-state index in [4.69, 9.17) is 5.11 Å². The van der Waals surface area contributed by atoms with Gasteiger partial charge in [0.15, 0.2) is 5.13 Å². The molecule has 0 unspecified atom stereocenters. The van der Waals surface area contributed by atoms with Crippen molar-refractivity contribution in [2.45, 2.75) is 96.4 Å². The summed E-state index contributed by atoms with van der Waals surface area (Å²) >= 11 is 1.18. The highest BCUT2D eigenvalue weighted by molar-refractivity contribution is 7.14. The SMILES string of the molecule is O=C(O)Cc1csc(NC(=O)c2cc3c(n(CC4CCCCCCC4)c2=O)CCCCCC3)n1. The number of rotatable bonds is 6. The van der Waals surface area contributed by atoms with E-state index < -0.39 is 11.9 Å². The molecule has 34 heavy (non-hydrogen) atoms. The number of amides is 1. The summed E-state index contributed by atoms with van der Waals surface area (Å²) in [6.07, 6.45) is 14.6. The Hall–Kier alpha value is -2.48. The molecule has 0 radical (unpaired) electrons. The van der Waals surface area contributed by atoms with Crippen molar-refractivity contribution in [1.82, 2.24) is 9.55 Å². The van der Waals surface area contributed by atoms with Crippen molar-refractivity contribution < 1.29 is 14.7 Å². The first kappa shape index (κ1) is 24.6. The number of aryl methyl sites for hydroxylation is 1. The van der Waals surface area contributed by atoms with Crippen molar-refractivity contribution in [1.29, 1.82) is 0 Å². The maximum absolute atomic E-state index is 13.7. The minimum atomic E-state index is -0.970. The van der Waals surface area contributed by atoms with Crippen molar-refractivity contribution in [3.05, 3.63) is 44.3 Å². The number of carbonyl (C=O) groups is 2. The number of carbonyl (C=O) groups excluding carboxylic acids is 1. The van der Waals surface area contributed by atoms with Crippen LogP contribution in [0.4, 0.5) is 5.13 Å². The highest BCUT2D eigenvalue weighted by atomic mass is 32.1. The Labute approximate surface area is 204 Å². The summed E-state index contributed by atoms with van der Waals surface area (Å²) in [6.45, 7) is 0.697. The number of nitrogens with zero attached hydrogens (tertiary/aromatic N) is 2. The molecule has 0 spiro atoms. The quantitative estimate of drug-likeness (QED) is 0.585. The predicted molar refractivity (Wildman–Crippen MR) is 134 cm³/mol. The summed E-state index contributed by atoms with van der Waals surface area (Å²) in [5, 5.41) is 13.6. The minimum Gasteiger partial charge on any atom is -0.481 e. The number of carboxylic acids is 1. The Kier molecular flexibility index (Phi) is 8.53. The highest BCUT2D eigenvalue weighted by Gasteiger charge is 2.23. The van der Waals surface area contributed by atoms with Crippen molar-refractivity contribution in [2.75, 3.05) is 5.32 Å². The zero-order valence-corrected chi connectivity index (χ0v) is 20.6. The summed E-state index contributed by atoms with van der Waals surface area (Å²) < 4.78 is 1.93. The molecular formula is C26H35N3O4S. The molecule has 2 aromatic rings. The van der Waals surface area contributed by atoms with E-state index in [-0.39, 0.29) is 17.5 Å². The molecule has 184 valence electrons. The minimum absolute atomic E-state index is 0.167. The fraction of sp³-hybridized carbons (Fsp3) is 0.615. The second-order valence-electron chi connectivity index (χ2n) is 9.74. The summed E-state index contributed by atoms with van der Waals surface area (Å²) in [6, 6.07) is 1.80. The lowest BCUT2D eigenvalue weighted by Gasteiger charge is -2.25. The molecule has 1 saturated carbocycles. The average molecular weight is 486 g/mol. The summed E-state index contributed by atoms with van der Waals surface area (Å²) in [5.74, 6) is -0.956. The van der Waals surface area contributed by atoms with Crippen molar-refractivity contribution in [3.63, 3.8) is 0 Å². The van der Waals surface area contributed by atoms with Gasteiger partial charge >= 0.3 is 5.97 Å². The van der Waals surface area contributed by atoms with E-state index in [9.17, 15) is 14.4 Å². The Bertz CT molecular complexity index is 1070. The lowest BCUT2D eigenvalue weighted by molar-refractivity contribution is -0.136.